The molecule has 0 amide bonds. The van der Waals surface area contributed by atoms with Crippen molar-refractivity contribution in [2.45, 2.75) is 6.04 Å². The van der Waals surface area contributed by atoms with Gasteiger partial charge in [0.1, 0.15) is 18.0 Å². The van der Waals surface area contributed by atoms with Crippen LogP contribution in [0.3, 0.4) is 0 Å². The van der Waals surface area contributed by atoms with Crippen LogP contribution in [0.4, 0.5) is 5.69 Å². The Labute approximate surface area is 169 Å². The van der Waals surface area contributed by atoms with Crippen LogP contribution in [0, 0.1) is 0 Å². The number of H-pyrrole nitrogens is 1. The zero-order valence-corrected chi connectivity index (χ0v) is 15.8. The van der Waals surface area contributed by atoms with E-state index in [9.17, 15) is 14.7 Å². The second kappa shape index (κ2) is 7.14. The number of aromatic nitrogens is 2. The maximum atomic E-state index is 12.4. The van der Waals surface area contributed by atoms with Crippen molar-refractivity contribution in [3.8, 4) is 5.88 Å². The third kappa shape index (κ3) is 3.17. The minimum atomic E-state index is -0.989. The quantitative estimate of drug-likeness (QED) is 0.627. The number of halogens is 2. The number of rotatable bonds is 4. The molecule has 0 aliphatic carbocycles. The van der Waals surface area contributed by atoms with Gasteiger partial charge in [0.05, 0.1) is 5.69 Å². The summed E-state index contributed by atoms with van der Waals surface area (Å²) in [6.45, 7) is 0. The lowest BCUT2D eigenvalue weighted by Gasteiger charge is -2.12. The van der Waals surface area contributed by atoms with Crippen molar-refractivity contribution >= 4 is 53.0 Å². The zero-order chi connectivity index (χ0) is 19.8. The van der Waals surface area contributed by atoms with Crippen LogP contribution in [0.2, 0.25) is 10.0 Å². The third-order valence-corrected chi connectivity index (χ3v) is 4.95. The van der Waals surface area contributed by atoms with Crippen LogP contribution in [-0.2, 0) is 4.79 Å². The van der Waals surface area contributed by atoms with Gasteiger partial charge in [-0.1, -0.05) is 41.4 Å². The minimum Gasteiger partial charge on any atom is -0.493 e. The number of carbonyl (C=O) groups excluding carboxylic acids is 1. The summed E-state index contributed by atoms with van der Waals surface area (Å²) in [6, 6.07) is 10.8. The van der Waals surface area contributed by atoms with Gasteiger partial charge in [0, 0.05) is 27.4 Å². The molecule has 1 aliphatic heterocycles. The monoisotopic (exact) mass is 413 g/mol. The van der Waals surface area contributed by atoms with Gasteiger partial charge in [-0.25, -0.2) is 9.36 Å². The number of fused-ring (bicyclic) bond motifs is 1. The summed E-state index contributed by atoms with van der Waals surface area (Å²) in [6.07, 6.45) is 3.80. The number of imidazole rings is 1. The van der Waals surface area contributed by atoms with Crippen LogP contribution < -0.4 is 5.69 Å². The number of aliphatic imine (C=N–C) groups is 1. The first-order valence-corrected chi connectivity index (χ1v) is 9.03. The number of nitrogens with one attached hydrogen (secondary N) is 1. The average Bonchev–Trinajstić information content (AvgIpc) is 3.19. The van der Waals surface area contributed by atoms with E-state index in [2.05, 4.69) is 9.98 Å². The van der Waals surface area contributed by atoms with E-state index in [1.807, 2.05) is 6.07 Å². The van der Waals surface area contributed by atoms with Crippen molar-refractivity contribution in [3.63, 3.8) is 0 Å². The minimum absolute atomic E-state index is 0.176. The number of aromatic hydroxyl groups is 1. The Hall–Kier alpha value is -3.09. The summed E-state index contributed by atoms with van der Waals surface area (Å²) in [4.78, 5) is 31.0. The summed E-state index contributed by atoms with van der Waals surface area (Å²) in [7, 11) is 0. The van der Waals surface area contributed by atoms with Gasteiger partial charge in [-0.15, -0.1) is 0 Å². The van der Waals surface area contributed by atoms with Gasteiger partial charge in [-0.05, 0) is 35.9 Å². The Kier molecular flexibility index (Phi) is 4.66. The number of carbonyl (C=O) groups is 1. The van der Waals surface area contributed by atoms with E-state index in [0.29, 0.717) is 33.2 Å². The van der Waals surface area contributed by atoms with Crippen molar-refractivity contribution in [1.82, 2.24) is 9.55 Å². The van der Waals surface area contributed by atoms with Gasteiger partial charge in [-0.3, -0.25) is 4.99 Å². The molecule has 0 bridgehead atoms. The van der Waals surface area contributed by atoms with Crippen LogP contribution in [0.5, 0.6) is 5.88 Å². The molecular formula is C20H13Cl2N3O3. The Balaban J connectivity index is 1.77. The summed E-state index contributed by atoms with van der Waals surface area (Å²) in [5, 5.41) is 11.7. The summed E-state index contributed by atoms with van der Waals surface area (Å²) < 4.78 is 0.998. The van der Waals surface area contributed by atoms with E-state index in [4.69, 9.17) is 23.2 Å². The van der Waals surface area contributed by atoms with E-state index in [1.54, 1.807) is 48.7 Å². The SMILES string of the molecule is O=CC(c1ccc(Cl)cc1)n1c(O)c(C=C2C=Nc3cc(Cl)ccc32)[nH]c1=O. The van der Waals surface area contributed by atoms with Gasteiger partial charge in [0.2, 0.25) is 5.88 Å². The lowest BCUT2D eigenvalue weighted by molar-refractivity contribution is -0.109. The molecule has 0 saturated carbocycles. The number of aldehydes is 1. The Morgan fingerprint density at radius 3 is 2.54 bits per heavy atom. The van der Waals surface area contributed by atoms with E-state index in [0.717, 1.165) is 10.1 Å². The molecule has 4 rings (SSSR count). The fourth-order valence-electron chi connectivity index (χ4n) is 3.10. The maximum absolute atomic E-state index is 12.4. The molecule has 0 fully saturated rings. The third-order valence-electron chi connectivity index (χ3n) is 4.46. The summed E-state index contributed by atoms with van der Waals surface area (Å²) in [5.74, 6) is -0.347. The van der Waals surface area contributed by atoms with Crippen molar-refractivity contribution in [3.05, 3.63) is 79.8 Å². The first-order valence-electron chi connectivity index (χ1n) is 8.28. The van der Waals surface area contributed by atoms with E-state index < -0.39 is 11.7 Å². The Morgan fingerprint density at radius 2 is 1.82 bits per heavy atom. The van der Waals surface area contributed by atoms with Crippen LogP contribution in [0.25, 0.3) is 11.6 Å². The summed E-state index contributed by atoms with van der Waals surface area (Å²) >= 11 is 11.9. The molecule has 6 nitrogen and oxygen atoms in total. The molecule has 1 aromatic heterocycles. The van der Waals surface area contributed by atoms with Gasteiger partial charge >= 0.3 is 5.69 Å². The van der Waals surface area contributed by atoms with Crippen molar-refractivity contribution in [2.24, 2.45) is 4.99 Å². The standard InChI is InChI=1S/C20H13Cl2N3O3/c21-13-3-1-11(2-4-13)18(10-26)25-19(27)17(24-20(25)28)7-12-9-23-16-8-14(22)5-6-15(12)16/h1-10,18,27H,(H,24,28). The molecule has 2 aromatic carbocycles. The first-order chi connectivity index (χ1) is 13.5. The summed E-state index contributed by atoms with van der Waals surface area (Å²) in [5.41, 5.74) is 2.31. The fourth-order valence-corrected chi connectivity index (χ4v) is 3.39. The number of hydrogen-bond donors (Lipinski definition) is 2. The maximum Gasteiger partial charge on any atom is 0.329 e. The molecule has 0 spiro atoms. The molecule has 3 aromatic rings. The largest absolute Gasteiger partial charge is 0.493 e. The van der Waals surface area contributed by atoms with E-state index in [-0.39, 0.29) is 11.6 Å². The molecule has 0 saturated heterocycles. The molecule has 2 heterocycles. The van der Waals surface area contributed by atoms with Crippen LogP contribution in [0.1, 0.15) is 22.9 Å². The average molecular weight is 414 g/mol. The number of nitrogens with zero attached hydrogens (tertiary/aromatic N) is 2. The first kappa shape index (κ1) is 18.3. The second-order valence-corrected chi connectivity index (χ2v) is 7.06. The smallest absolute Gasteiger partial charge is 0.329 e. The number of aromatic amines is 1. The lowest BCUT2D eigenvalue weighted by Crippen LogP contribution is -2.23. The van der Waals surface area contributed by atoms with E-state index >= 15 is 0 Å². The van der Waals surface area contributed by atoms with Crippen molar-refractivity contribution in [1.29, 1.82) is 0 Å². The Morgan fingerprint density at radius 1 is 1.11 bits per heavy atom. The predicted molar refractivity (Wildman–Crippen MR) is 110 cm³/mol. The normalized spacial score (nSPS) is 15.0. The Bertz CT molecular complexity index is 1190. The van der Waals surface area contributed by atoms with Crippen LogP contribution >= 0.6 is 23.2 Å². The topological polar surface area (TPSA) is 87.4 Å². The number of benzene rings is 2. The molecule has 2 N–H and O–H groups in total. The highest BCUT2D eigenvalue weighted by atomic mass is 35.5. The number of allylic oxidation sites excluding steroid dienone is 1. The van der Waals surface area contributed by atoms with Gasteiger partial charge in [0.15, 0.2) is 0 Å². The van der Waals surface area contributed by atoms with Crippen LogP contribution in [-0.4, -0.2) is 27.2 Å². The highest BCUT2D eigenvalue weighted by Gasteiger charge is 2.22. The number of hydrogen-bond acceptors (Lipinski definition) is 4. The molecule has 8 heteroatoms. The molecule has 0 radical (unpaired) electrons. The molecule has 1 unspecified atom stereocenters. The highest BCUT2D eigenvalue weighted by molar-refractivity contribution is 6.31. The molecular weight excluding hydrogens is 401 g/mol. The van der Waals surface area contributed by atoms with Crippen molar-refractivity contribution in [2.75, 3.05) is 0 Å². The van der Waals surface area contributed by atoms with Crippen LogP contribution in [0.15, 0.2) is 52.3 Å². The zero-order valence-electron chi connectivity index (χ0n) is 14.3. The fraction of sp³-hybridized carbons (Fsp3) is 0.0500. The highest BCUT2D eigenvalue weighted by Crippen LogP contribution is 2.35. The predicted octanol–water partition coefficient (Wildman–Crippen LogP) is 4.23. The molecule has 1 atom stereocenters. The molecule has 1 aliphatic rings. The van der Waals surface area contributed by atoms with E-state index in [1.165, 1.54) is 0 Å². The van der Waals surface area contributed by atoms with Gasteiger partial charge in [0.25, 0.3) is 0 Å². The van der Waals surface area contributed by atoms with Gasteiger partial charge in [-0.2, -0.15) is 0 Å². The van der Waals surface area contributed by atoms with Crippen molar-refractivity contribution < 1.29 is 9.90 Å². The lowest BCUT2D eigenvalue weighted by atomic mass is 10.1. The van der Waals surface area contributed by atoms with Gasteiger partial charge < -0.3 is 14.9 Å². The molecule has 28 heavy (non-hydrogen) atoms. The second-order valence-electron chi connectivity index (χ2n) is 6.19. The molecule has 140 valence electrons.